The van der Waals surface area contributed by atoms with Crippen molar-refractivity contribution in [2.24, 2.45) is 7.05 Å². The van der Waals surface area contributed by atoms with Gasteiger partial charge in [0, 0.05) is 40.3 Å². The number of rotatable bonds is 6. The molecule has 3 heterocycles. The summed E-state index contributed by atoms with van der Waals surface area (Å²) in [6, 6.07) is 20.3. The van der Waals surface area contributed by atoms with Crippen molar-refractivity contribution in [3.63, 3.8) is 0 Å². The fraction of sp³-hybridized carbons (Fsp3) is 0.242. The lowest BCUT2D eigenvalue weighted by molar-refractivity contribution is -0.0821. The number of aromatic nitrogens is 4. The van der Waals surface area contributed by atoms with Gasteiger partial charge in [-0.2, -0.15) is 5.10 Å². The molecule has 3 aromatic heterocycles. The Morgan fingerprint density at radius 2 is 1.71 bits per heavy atom. The van der Waals surface area contributed by atoms with Crippen LogP contribution in [0.25, 0.3) is 54.1 Å². The minimum absolute atomic E-state index is 0.133. The molecule has 0 aliphatic heterocycles. The number of aryl methyl sites for hydroxylation is 2. The quantitative estimate of drug-likeness (QED) is 0.213. The van der Waals surface area contributed by atoms with Crippen molar-refractivity contribution < 1.29 is 9.84 Å². The van der Waals surface area contributed by atoms with Gasteiger partial charge in [0.15, 0.2) is 0 Å². The van der Waals surface area contributed by atoms with Crippen molar-refractivity contribution in [3.8, 4) is 33.0 Å². The second-order valence-corrected chi connectivity index (χ2v) is 12.7. The summed E-state index contributed by atoms with van der Waals surface area (Å²) < 4.78 is 9.26. The minimum atomic E-state index is -0.492. The van der Waals surface area contributed by atoms with Gasteiger partial charge in [-0.15, -0.1) is 11.3 Å². The summed E-state index contributed by atoms with van der Waals surface area (Å²) in [6.45, 7) is 7.93. The number of ether oxygens (including phenoxy) is 1. The lowest BCUT2D eigenvalue weighted by Gasteiger charge is -2.29. The van der Waals surface area contributed by atoms with Crippen LogP contribution in [0.5, 0.6) is 0 Å². The number of pyridine rings is 1. The van der Waals surface area contributed by atoms with E-state index >= 15 is 0 Å². The third-order valence-corrected chi connectivity index (χ3v) is 8.49. The van der Waals surface area contributed by atoms with Crippen LogP contribution in [-0.4, -0.2) is 37.1 Å². The van der Waals surface area contributed by atoms with E-state index in [4.69, 9.17) is 26.3 Å². The van der Waals surface area contributed by atoms with E-state index in [9.17, 15) is 5.11 Å². The molecule has 0 amide bonds. The molecule has 8 heteroatoms. The Kier molecular flexibility index (Phi) is 7.16. The van der Waals surface area contributed by atoms with Crippen molar-refractivity contribution >= 4 is 44.1 Å². The maximum Gasteiger partial charge on any atom is 0.126 e. The highest BCUT2D eigenvalue weighted by Gasteiger charge is 2.27. The Morgan fingerprint density at radius 1 is 0.976 bits per heavy atom. The summed E-state index contributed by atoms with van der Waals surface area (Å²) >= 11 is 7.87. The average molecular weight is 583 g/mol. The summed E-state index contributed by atoms with van der Waals surface area (Å²) in [7, 11) is 1.94. The Labute approximate surface area is 248 Å². The molecule has 0 saturated heterocycles. The molecule has 6 nitrogen and oxygen atoms in total. The smallest absolute Gasteiger partial charge is 0.126 e. The Balaban J connectivity index is 1.46. The van der Waals surface area contributed by atoms with E-state index in [-0.39, 0.29) is 6.61 Å². The zero-order chi connectivity index (χ0) is 28.9. The molecule has 6 aromatic rings. The molecule has 0 spiro atoms. The largest absolute Gasteiger partial charge is 0.393 e. The predicted octanol–water partition coefficient (Wildman–Crippen LogP) is 8.39. The topological polar surface area (TPSA) is 73.1 Å². The second-order valence-electron chi connectivity index (χ2n) is 11.2. The van der Waals surface area contributed by atoms with Crippen LogP contribution in [0.15, 0.2) is 73.1 Å². The highest BCUT2D eigenvalue weighted by atomic mass is 35.5. The molecule has 0 radical (unpaired) electrons. The zero-order valence-electron chi connectivity index (χ0n) is 23.6. The van der Waals surface area contributed by atoms with Crippen LogP contribution in [0.3, 0.4) is 0 Å². The summed E-state index contributed by atoms with van der Waals surface area (Å²) in [5.41, 5.74) is 8.40. The fourth-order valence-electron chi connectivity index (χ4n) is 5.26. The Morgan fingerprint density at radius 3 is 2.39 bits per heavy atom. The number of benzene rings is 3. The van der Waals surface area contributed by atoms with E-state index in [1.165, 1.54) is 0 Å². The lowest BCUT2D eigenvalue weighted by Crippen LogP contribution is -2.25. The van der Waals surface area contributed by atoms with Gasteiger partial charge >= 0.3 is 0 Å². The average Bonchev–Trinajstić information content (AvgIpc) is 3.54. The number of aliphatic hydroxyl groups is 1. The van der Waals surface area contributed by atoms with Gasteiger partial charge in [-0.05, 0) is 80.8 Å². The molecule has 3 aromatic carbocycles. The molecule has 0 fully saturated rings. The Bertz CT molecular complexity index is 1870. The van der Waals surface area contributed by atoms with E-state index in [1.54, 1.807) is 11.3 Å². The van der Waals surface area contributed by atoms with Gasteiger partial charge < -0.3 is 9.84 Å². The normalized spacial score (nSPS) is 12.9. The zero-order valence-corrected chi connectivity index (χ0v) is 25.2. The van der Waals surface area contributed by atoms with Crippen LogP contribution in [0.1, 0.15) is 38.0 Å². The van der Waals surface area contributed by atoms with E-state index in [2.05, 4.69) is 42.4 Å². The van der Waals surface area contributed by atoms with Gasteiger partial charge in [-0.3, -0.25) is 9.67 Å². The van der Waals surface area contributed by atoms with E-state index < -0.39 is 11.7 Å². The number of hydrogen-bond acceptors (Lipinski definition) is 6. The molecular formula is C33H31ClN4O2S. The van der Waals surface area contributed by atoms with Crippen molar-refractivity contribution in [1.82, 2.24) is 19.7 Å². The molecule has 0 aliphatic rings. The summed E-state index contributed by atoms with van der Waals surface area (Å²) in [4.78, 5) is 9.83. The number of thiazole rings is 1. The molecule has 1 N–H and O–H groups in total. The van der Waals surface area contributed by atoms with Gasteiger partial charge in [-0.25, -0.2) is 4.98 Å². The van der Waals surface area contributed by atoms with Crippen molar-refractivity contribution in [2.75, 3.05) is 6.61 Å². The highest BCUT2D eigenvalue weighted by molar-refractivity contribution is 7.22. The van der Waals surface area contributed by atoms with Crippen LogP contribution < -0.4 is 0 Å². The number of fused-ring (bicyclic) bond motifs is 2. The maximum atomic E-state index is 10.4. The molecular weight excluding hydrogens is 552 g/mol. The Hall–Kier alpha value is -3.62. The van der Waals surface area contributed by atoms with Crippen molar-refractivity contribution in [1.29, 1.82) is 0 Å². The molecule has 208 valence electrons. The van der Waals surface area contributed by atoms with Gasteiger partial charge in [0.1, 0.15) is 11.1 Å². The fourth-order valence-corrected chi connectivity index (χ4v) is 6.50. The third-order valence-electron chi connectivity index (χ3n) is 7.10. The third kappa shape index (κ3) is 5.38. The first kappa shape index (κ1) is 27.5. The van der Waals surface area contributed by atoms with Gasteiger partial charge in [0.2, 0.25) is 0 Å². The van der Waals surface area contributed by atoms with Crippen LogP contribution in [0, 0.1) is 6.92 Å². The van der Waals surface area contributed by atoms with Gasteiger partial charge in [-0.1, -0.05) is 35.9 Å². The number of halogens is 1. The maximum absolute atomic E-state index is 10.4. The molecule has 0 bridgehead atoms. The molecule has 0 saturated carbocycles. The standard InChI is InChI=1S/C33H31ClN4O2S/c1-19-14-26-31(30(20-8-11-24(34)12-9-20)29(19)28(18-39)40-33(2,3)4)41-32(37-26)23-10-13-25(35-16-23)21-6-7-22-17-36-38(5)27(22)15-21/h6-17,28,39H,18H2,1-5H3. The summed E-state index contributed by atoms with van der Waals surface area (Å²) in [5, 5.41) is 17.4. The van der Waals surface area contributed by atoms with Crippen LogP contribution in [-0.2, 0) is 11.8 Å². The van der Waals surface area contributed by atoms with Crippen molar-refractivity contribution in [3.05, 3.63) is 89.2 Å². The monoisotopic (exact) mass is 582 g/mol. The minimum Gasteiger partial charge on any atom is -0.393 e. The SMILES string of the molecule is Cc1cc2nc(-c3ccc(-c4ccc5cnn(C)c5c4)nc3)sc2c(-c2ccc(Cl)cc2)c1C(CO)OC(C)(C)C. The molecule has 1 atom stereocenters. The molecule has 41 heavy (non-hydrogen) atoms. The van der Waals surface area contributed by atoms with Crippen LogP contribution >= 0.6 is 22.9 Å². The molecule has 6 rings (SSSR count). The van der Waals surface area contributed by atoms with Crippen LogP contribution in [0.4, 0.5) is 0 Å². The van der Waals surface area contributed by atoms with Crippen molar-refractivity contribution in [2.45, 2.75) is 39.4 Å². The number of aliphatic hydroxyl groups excluding tert-OH is 1. The molecule has 0 aliphatic carbocycles. The summed E-state index contributed by atoms with van der Waals surface area (Å²) in [6.07, 6.45) is 3.26. The van der Waals surface area contributed by atoms with Gasteiger partial charge in [0.05, 0.1) is 39.8 Å². The van der Waals surface area contributed by atoms with E-state index in [0.29, 0.717) is 5.02 Å². The highest BCUT2D eigenvalue weighted by Crippen LogP contribution is 2.44. The molecule has 1 unspecified atom stereocenters. The number of nitrogens with zero attached hydrogens (tertiary/aromatic N) is 4. The summed E-state index contributed by atoms with van der Waals surface area (Å²) in [5.74, 6) is 0. The first-order chi connectivity index (χ1) is 19.6. The lowest BCUT2D eigenvalue weighted by atomic mass is 9.91. The van der Waals surface area contributed by atoms with E-state index in [1.807, 2.05) is 75.2 Å². The second kappa shape index (κ2) is 10.7. The van der Waals surface area contributed by atoms with E-state index in [0.717, 1.165) is 65.2 Å². The predicted molar refractivity (Wildman–Crippen MR) is 168 cm³/mol. The van der Waals surface area contributed by atoms with Gasteiger partial charge in [0.25, 0.3) is 0 Å². The first-order valence-corrected chi connectivity index (χ1v) is 14.7. The van der Waals surface area contributed by atoms with Crippen LogP contribution in [0.2, 0.25) is 5.02 Å². The number of hydrogen-bond donors (Lipinski definition) is 1. The first-order valence-electron chi connectivity index (χ1n) is 13.5.